The zero-order valence-corrected chi connectivity index (χ0v) is 19.3. The van der Waals surface area contributed by atoms with E-state index in [-0.39, 0.29) is 17.1 Å². The number of benzene rings is 3. The Hall–Kier alpha value is -3.37. The van der Waals surface area contributed by atoms with Crippen molar-refractivity contribution in [2.75, 3.05) is 17.1 Å². The summed E-state index contributed by atoms with van der Waals surface area (Å²) in [5.41, 5.74) is 1.94. The van der Waals surface area contributed by atoms with Crippen molar-refractivity contribution in [1.29, 1.82) is 0 Å². The molecular formula is C23H22N2O6S2. The Balaban J connectivity index is 1.39. The maximum Gasteiger partial charge on any atom is 0.243 e. The van der Waals surface area contributed by atoms with Crippen LogP contribution >= 0.6 is 0 Å². The highest BCUT2D eigenvalue weighted by Crippen LogP contribution is 2.31. The van der Waals surface area contributed by atoms with Crippen molar-refractivity contribution in [1.82, 2.24) is 0 Å². The molecule has 10 heteroatoms. The molecular weight excluding hydrogens is 464 g/mol. The first kappa shape index (κ1) is 22.8. The second-order valence-corrected chi connectivity index (χ2v) is 11.4. The number of anilines is 2. The van der Waals surface area contributed by atoms with E-state index in [2.05, 4.69) is 10.0 Å². The summed E-state index contributed by atoms with van der Waals surface area (Å²) < 4.78 is 57.8. The van der Waals surface area contributed by atoms with Crippen molar-refractivity contribution in [2.45, 2.75) is 22.3 Å². The summed E-state index contributed by atoms with van der Waals surface area (Å²) in [5.74, 6) is -0.267. The third-order valence-corrected chi connectivity index (χ3v) is 8.69. The van der Waals surface area contributed by atoms with Crippen molar-refractivity contribution in [3.05, 3.63) is 83.9 Å². The van der Waals surface area contributed by atoms with Crippen LogP contribution < -0.4 is 14.8 Å². The van der Waals surface area contributed by atoms with Crippen LogP contribution in [-0.2, 0) is 36.8 Å². The Bertz CT molecular complexity index is 1380. The van der Waals surface area contributed by atoms with E-state index in [9.17, 15) is 21.6 Å². The molecule has 8 nitrogen and oxygen atoms in total. The molecule has 1 heterocycles. The summed E-state index contributed by atoms with van der Waals surface area (Å²) in [6, 6.07) is 19.3. The molecule has 0 aliphatic carbocycles. The van der Waals surface area contributed by atoms with Crippen LogP contribution in [0.2, 0.25) is 0 Å². The first-order chi connectivity index (χ1) is 15.7. The Labute approximate surface area is 192 Å². The molecule has 1 atom stereocenters. The highest BCUT2D eigenvalue weighted by Gasteiger charge is 2.41. The Kier molecular flexibility index (Phi) is 6.13. The minimum Gasteiger partial charge on any atom is -0.497 e. The van der Waals surface area contributed by atoms with Gasteiger partial charge in [0.05, 0.1) is 17.8 Å². The van der Waals surface area contributed by atoms with Crippen molar-refractivity contribution < 1.29 is 26.4 Å². The third kappa shape index (κ3) is 5.01. The number of nitrogens with one attached hydrogen (secondary N) is 2. The van der Waals surface area contributed by atoms with Gasteiger partial charge in [-0.2, -0.15) is 0 Å². The van der Waals surface area contributed by atoms with Crippen LogP contribution in [0.1, 0.15) is 11.1 Å². The smallest absolute Gasteiger partial charge is 0.243 e. The Morgan fingerprint density at radius 3 is 2.24 bits per heavy atom. The minimum atomic E-state index is -3.74. The number of carbonyl (C=O) groups is 1. The highest BCUT2D eigenvalue weighted by molar-refractivity contribution is 7.93. The summed E-state index contributed by atoms with van der Waals surface area (Å²) in [5, 5.41) is 1.43. The van der Waals surface area contributed by atoms with Gasteiger partial charge in [-0.1, -0.05) is 30.3 Å². The summed E-state index contributed by atoms with van der Waals surface area (Å²) in [7, 11) is -5.87. The van der Waals surface area contributed by atoms with Crippen molar-refractivity contribution in [3.8, 4) is 5.75 Å². The molecule has 2 N–H and O–H groups in total. The molecule has 4 rings (SSSR count). The summed E-state index contributed by atoms with van der Waals surface area (Å²) in [4.78, 5) is 12.8. The molecule has 0 saturated heterocycles. The summed E-state index contributed by atoms with van der Waals surface area (Å²) in [6.45, 7) is 0. The predicted molar refractivity (Wildman–Crippen MR) is 125 cm³/mol. The van der Waals surface area contributed by atoms with Crippen molar-refractivity contribution in [3.63, 3.8) is 0 Å². The van der Waals surface area contributed by atoms with Gasteiger partial charge in [0, 0.05) is 11.4 Å². The molecule has 1 aliphatic rings. The van der Waals surface area contributed by atoms with Gasteiger partial charge in [-0.25, -0.2) is 16.8 Å². The van der Waals surface area contributed by atoms with Gasteiger partial charge in [0.2, 0.25) is 15.9 Å². The van der Waals surface area contributed by atoms with E-state index in [0.717, 1.165) is 0 Å². The second-order valence-electron chi connectivity index (χ2n) is 7.62. The fraction of sp³-hybridized carbons (Fsp3) is 0.174. The number of hydrogen-bond donors (Lipinski definition) is 2. The number of ether oxygens (including phenoxy) is 1. The van der Waals surface area contributed by atoms with Crippen LogP contribution in [0.15, 0.2) is 77.7 Å². The number of rotatable bonds is 7. The van der Waals surface area contributed by atoms with Gasteiger partial charge in [0.25, 0.3) is 0 Å². The average molecular weight is 487 g/mol. The number of carbonyl (C=O) groups excluding carboxylic acids is 1. The zero-order chi connectivity index (χ0) is 23.6. The standard InChI is InChI=1S/C23H22N2O6S2/c1-31-20-12-10-19(11-13-20)25-32(27,28)15-16-6-8-18(9-7-16)24-23(26)22-14-17-4-2-3-5-21(17)33(22,29)30/h2-13,22,25H,14-15H2,1H3,(H,24,26). The Morgan fingerprint density at radius 2 is 1.61 bits per heavy atom. The van der Waals surface area contributed by atoms with Gasteiger partial charge < -0.3 is 10.1 Å². The van der Waals surface area contributed by atoms with E-state index in [1.807, 2.05) is 0 Å². The number of sulfone groups is 1. The van der Waals surface area contributed by atoms with Crippen LogP contribution in [-0.4, -0.2) is 35.1 Å². The van der Waals surface area contributed by atoms with Crippen LogP contribution in [0, 0.1) is 0 Å². The SMILES string of the molecule is COc1ccc(NS(=O)(=O)Cc2ccc(NC(=O)C3Cc4ccccc4S3(=O)=O)cc2)cc1. The van der Waals surface area contributed by atoms with Gasteiger partial charge >= 0.3 is 0 Å². The van der Waals surface area contributed by atoms with Crippen LogP contribution in [0.4, 0.5) is 11.4 Å². The molecule has 0 bridgehead atoms. The van der Waals surface area contributed by atoms with E-state index in [0.29, 0.717) is 28.3 Å². The highest BCUT2D eigenvalue weighted by atomic mass is 32.2. The topological polar surface area (TPSA) is 119 Å². The monoisotopic (exact) mass is 486 g/mol. The first-order valence-corrected chi connectivity index (χ1v) is 13.2. The predicted octanol–water partition coefficient (Wildman–Crippen LogP) is 2.97. The van der Waals surface area contributed by atoms with Crippen molar-refractivity contribution in [2.24, 2.45) is 0 Å². The molecule has 33 heavy (non-hydrogen) atoms. The van der Waals surface area contributed by atoms with Crippen LogP contribution in [0.3, 0.4) is 0 Å². The van der Waals surface area contributed by atoms with Crippen LogP contribution in [0.5, 0.6) is 5.75 Å². The fourth-order valence-corrected chi connectivity index (χ4v) is 6.68. The van der Waals surface area contributed by atoms with Gasteiger partial charge in [0.1, 0.15) is 11.0 Å². The van der Waals surface area contributed by atoms with E-state index < -0.39 is 31.0 Å². The lowest BCUT2D eigenvalue weighted by molar-refractivity contribution is -0.115. The lowest BCUT2D eigenvalue weighted by Gasteiger charge is -2.12. The minimum absolute atomic E-state index is 0.123. The molecule has 1 aliphatic heterocycles. The quantitative estimate of drug-likeness (QED) is 0.530. The number of sulfonamides is 1. The van der Waals surface area contributed by atoms with Gasteiger partial charge in [0.15, 0.2) is 9.84 Å². The molecule has 0 saturated carbocycles. The van der Waals surface area contributed by atoms with E-state index in [1.165, 1.54) is 13.2 Å². The number of fused-ring (bicyclic) bond motifs is 1. The lowest BCUT2D eigenvalue weighted by Crippen LogP contribution is -2.33. The molecule has 0 fully saturated rings. The molecule has 0 aromatic heterocycles. The van der Waals surface area contributed by atoms with Gasteiger partial charge in [-0.15, -0.1) is 0 Å². The van der Waals surface area contributed by atoms with Gasteiger partial charge in [-0.3, -0.25) is 9.52 Å². The molecule has 0 spiro atoms. The van der Waals surface area contributed by atoms with E-state index >= 15 is 0 Å². The Morgan fingerprint density at radius 1 is 0.970 bits per heavy atom. The average Bonchev–Trinajstić information content (AvgIpc) is 3.06. The summed E-state index contributed by atoms with van der Waals surface area (Å²) in [6.07, 6.45) is 0.123. The van der Waals surface area contributed by atoms with E-state index in [1.54, 1.807) is 66.7 Å². The molecule has 1 amide bonds. The second kappa shape index (κ2) is 8.87. The molecule has 3 aromatic carbocycles. The number of hydrogen-bond acceptors (Lipinski definition) is 6. The van der Waals surface area contributed by atoms with E-state index in [4.69, 9.17) is 4.74 Å². The third-order valence-electron chi connectivity index (χ3n) is 5.29. The fourth-order valence-electron chi connectivity index (χ4n) is 3.65. The van der Waals surface area contributed by atoms with Crippen molar-refractivity contribution >= 4 is 37.1 Å². The maximum absolute atomic E-state index is 12.7. The number of amides is 1. The molecule has 3 aromatic rings. The summed E-state index contributed by atoms with van der Waals surface area (Å²) >= 11 is 0. The normalized spacial score (nSPS) is 16.6. The number of methoxy groups -OCH3 is 1. The maximum atomic E-state index is 12.7. The zero-order valence-electron chi connectivity index (χ0n) is 17.7. The van der Waals surface area contributed by atoms with Gasteiger partial charge in [-0.05, 0) is 60.0 Å². The van der Waals surface area contributed by atoms with Crippen LogP contribution in [0.25, 0.3) is 0 Å². The first-order valence-electron chi connectivity index (χ1n) is 10.0. The molecule has 172 valence electrons. The molecule has 1 unspecified atom stereocenters. The largest absolute Gasteiger partial charge is 0.497 e. The molecule has 0 radical (unpaired) electrons. The lowest BCUT2D eigenvalue weighted by atomic mass is 10.1.